The molecule has 1 rings (SSSR count). The molecule has 0 unspecified atom stereocenters. The first kappa shape index (κ1) is 11.7. The molecule has 0 spiro atoms. The molecule has 1 aromatic heterocycles. The van der Waals surface area contributed by atoms with Crippen LogP contribution in [0.3, 0.4) is 0 Å². The van der Waals surface area contributed by atoms with E-state index in [0.717, 1.165) is 6.54 Å². The minimum atomic E-state index is 0.539. The Morgan fingerprint density at radius 1 is 1.47 bits per heavy atom. The highest BCUT2D eigenvalue weighted by atomic mass is 16.5. The summed E-state index contributed by atoms with van der Waals surface area (Å²) < 4.78 is 5.45. The zero-order valence-corrected chi connectivity index (χ0v) is 9.32. The fraction of sp³-hybridized carbons (Fsp3) is 0.556. The average Bonchev–Trinajstić information content (AvgIpc) is 2.16. The van der Waals surface area contributed by atoms with Gasteiger partial charge in [0, 0.05) is 12.6 Å². The highest BCUT2D eigenvalue weighted by Gasteiger charge is 2.01. The van der Waals surface area contributed by atoms with E-state index in [1.54, 1.807) is 13.0 Å². The van der Waals surface area contributed by atoms with Crippen molar-refractivity contribution >= 4 is 5.82 Å². The average molecular weight is 211 g/mol. The fourth-order valence-corrected chi connectivity index (χ4v) is 1.02. The number of nitrogens with zero attached hydrogens (tertiary/aromatic N) is 3. The summed E-state index contributed by atoms with van der Waals surface area (Å²) in [6.07, 6.45) is 0. The summed E-state index contributed by atoms with van der Waals surface area (Å²) >= 11 is 0. The Balaban J connectivity index is 2.56. The zero-order chi connectivity index (χ0) is 11.3. The van der Waals surface area contributed by atoms with Gasteiger partial charge in [0.1, 0.15) is 18.2 Å². The number of aromatic nitrogens is 2. The minimum absolute atomic E-state index is 0.539. The molecule has 15 heavy (non-hydrogen) atoms. The summed E-state index contributed by atoms with van der Waals surface area (Å²) in [6, 6.07) is 1.67. The number of nitrogens with two attached hydrogens (primary N) is 1. The first-order valence-electron chi connectivity index (χ1n) is 4.71. The predicted molar refractivity (Wildman–Crippen MR) is 58.6 cm³/mol. The predicted octanol–water partition coefficient (Wildman–Crippen LogP) is 0.0110. The van der Waals surface area contributed by atoms with E-state index in [1.165, 1.54) is 0 Å². The van der Waals surface area contributed by atoms with E-state index in [9.17, 15) is 0 Å². The fourth-order valence-electron chi connectivity index (χ4n) is 1.02. The number of rotatable bonds is 5. The van der Waals surface area contributed by atoms with E-state index in [0.29, 0.717) is 24.1 Å². The Kier molecular flexibility index (Phi) is 4.26. The second-order valence-electron chi connectivity index (χ2n) is 3.43. The number of ether oxygens (including phenoxy) is 1. The van der Waals surface area contributed by atoms with Crippen LogP contribution in [-0.4, -0.2) is 42.1 Å². The van der Waals surface area contributed by atoms with Gasteiger partial charge in [0.15, 0.2) is 0 Å². The molecule has 84 valence electrons. The lowest BCUT2D eigenvalue weighted by molar-refractivity contribution is 0.253. The van der Waals surface area contributed by atoms with Gasteiger partial charge in [-0.05, 0) is 21.0 Å². The summed E-state index contributed by atoms with van der Waals surface area (Å²) in [5.74, 6) is 6.99. The van der Waals surface area contributed by atoms with Crippen molar-refractivity contribution in [1.29, 1.82) is 0 Å². The Hall–Kier alpha value is -1.40. The van der Waals surface area contributed by atoms with Crippen molar-refractivity contribution in [3.63, 3.8) is 0 Å². The van der Waals surface area contributed by atoms with Gasteiger partial charge in [-0.15, -0.1) is 0 Å². The van der Waals surface area contributed by atoms with Crippen molar-refractivity contribution in [1.82, 2.24) is 14.9 Å². The minimum Gasteiger partial charge on any atom is -0.476 e. The number of hydrogen-bond acceptors (Lipinski definition) is 6. The second kappa shape index (κ2) is 5.47. The first-order valence-corrected chi connectivity index (χ1v) is 4.71. The number of nitrogen functional groups attached to an aromatic ring is 1. The molecule has 0 fully saturated rings. The maximum absolute atomic E-state index is 5.45. The van der Waals surface area contributed by atoms with Crippen molar-refractivity contribution < 1.29 is 4.74 Å². The molecule has 6 nitrogen and oxygen atoms in total. The lowest BCUT2D eigenvalue weighted by Crippen LogP contribution is -2.20. The van der Waals surface area contributed by atoms with Crippen LogP contribution in [0.4, 0.5) is 5.82 Å². The van der Waals surface area contributed by atoms with Crippen molar-refractivity contribution in [3.8, 4) is 5.88 Å². The molecule has 0 bridgehead atoms. The van der Waals surface area contributed by atoms with E-state index >= 15 is 0 Å². The Morgan fingerprint density at radius 3 is 2.80 bits per heavy atom. The van der Waals surface area contributed by atoms with E-state index in [4.69, 9.17) is 10.6 Å². The molecule has 0 aromatic carbocycles. The van der Waals surface area contributed by atoms with Gasteiger partial charge in [-0.25, -0.2) is 10.8 Å². The summed E-state index contributed by atoms with van der Waals surface area (Å²) in [6.45, 7) is 3.22. The van der Waals surface area contributed by atoms with E-state index in [2.05, 4.69) is 15.4 Å². The highest BCUT2D eigenvalue weighted by molar-refractivity contribution is 5.36. The number of hydrazine groups is 1. The molecular weight excluding hydrogens is 194 g/mol. The van der Waals surface area contributed by atoms with E-state index in [-0.39, 0.29) is 0 Å². The van der Waals surface area contributed by atoms with Gasteiger partial charge >= 0.3 is 0 Å². The summed E-state index contributed by atoms with van der Waals surface area (Å²) in [4.78, 5) is 10.2. The van der Waals surface area contributed by atoms with Crippen molar-refractivity contribution in [2.75, 3.05) is 32.7 Å². The van der Waals surface area contributed by atoms with Gasteiger partial charge in [-0.3, -0.25) is 0 Å². The normalized spacial score (nSPS) is 10.5. The van der Waals surface area contributed by atoms with Gasteiger partial charge in [0.05, 0.1) is 0 Å². The largest absolute Gasteiger partial charge is 0.476 e. The van der Waals surface area contributed by atoms with Gasteiger partial charge in [0.2, 0.25) is 5.88 Å². The number of hydrogen-bond donors (Lipinski definition) is 2. The lowest BCUT2D eigenvalue weighted by atomic mass is 10.5. The van der Waals surface area contributed by atoms with Crippen molar-refractivity contribution in [2.45, 2.75) is 6.92 Å². The molecule has 0 aliphatic heterocycles. The molecule has 1 heterocycles. The molecule has 6 heteroatoms. The summed E-state index contributed by atoms with van der Waals surface area (Å²) in [7, 11) is 3.98. The maximum atomic E-state index is 5.45. The Morgan fingerprint density at radius 2 is 2.20 bits per heavy atom. The molecule has 0 saturated carbocycles. The quantitative estimate of drug-likeness (QED) is 0.528. The summed E-state index contributed by atoms with van der Waals surface area (Å²) in [5, 5.41) is 0. The first-order chi connectivity index (χ1) is 7.11. The van der Waals surface area contributed by atoms with Crippen LogP contribution >= 0.6 is 0 Å². The van der Waals surface area contributed by atoms with Crippen LogP contribution in [-0.2, 0) is 0 Å². The molecule has 0 amide bonds. The number of likely N-dealkylation sites (N-methyl/N-ethyl adjacent to an activating group) is 1. The molecule has 0 atom stereocenters. The van der Waals surface area contributed by atoms with Crippen LogP contribution in [0.25, 0.3) is 0 Å². The van der Waals surface area contributed by atoms with Crippen LogP contribution in [0.1, 0.15) is 5.82 Å². The van der Waals surface area contributed by atoms with Crippen LogP contribution in [0.2, 0.25) is 0 Å². The molecular formula is C9H17N5O. The van der Waals surface area contributed by atoms with Crippen molar-refractivity contribution in [3.05, 3.63) is 11.9 Å². The van der Waals surface area contributed by atoms with Crippen molar-refractivity contribution in [2.24, 2.45) is 5.84 Å². The SMILES string of the molecule is Cc1nc(NN)cc(OCCN(C)C)n1. The third-order valence-corrected chi connectivity index (χ3v) is 1.75. The third-order valence-electron chi connectivity index (χ3n) is 1.75. The molecule has 0 saturated heterocycles. The molecule has 0 radical (unpaired) electrons. The van der Waals surface area contributed by atoms with E-state index < -0.39 is 0 Å². The standard InChI is InChI=1S/C9H17N5O/c1-7-11-8(13-10)6-9(12-7)15-5-4-14(2)3/h6H,4-5,10H2,1-3H3,(H,11,12,13). The monoisotopic (exact) mass is 211 g/mol. The summed E-state index contributed by atoms with van der Waals surface area (Å²) in [5.41, 5.74) is 2.47. The van der Waals surface area contributed by atoms with Gasteiger partial charge in [-0.2, -0.15) is 4.98 Å². The van der Waals surface area contributed by atoms with Crippen LogP contribution in [0.15, 0.2) is 6.07 Å². The highest BCUT2D eigenvalue weighted by Crippen LogP contribution is 2.11. The Bertz CT molecular complexity index is 315. The maximum Gasteiger partial charge on any atom is 0.218 e. The molecule has 0 aliphatic carbocycles. The zero-order valence-electron chi connectivity index (χ0n) is 9.32. The number of aryl methyl sites for hydroxylation is 1. The smallest absolute Gasteiger partial charge is 0.218 e. The number of anilines is 1. The van der Waals surface area contributed by atoms with Crippen LogP contribution in [0, 0.1) is 6.92 Å². The van der Waals surface area contributed by atoms with Crippen LogP contribution in [0.5, 0.6) is 5.88 Å². The molecule has 1 aromatic rings. The van der Waals surface area contributed by atoms with Gasteiger partial charge in [0.25, 0.3) is 0 Å². The topological polar surface area (TPSA) is 76.3 Å². The number of nitrogens with one attached hydrogen (secondary N) is 1. The Labute approximate surface area is 89.4 Å². The van der Waals surface area contributed by atoms with Gasteiger partial charge < -0.3 is 15.1 Å². The second-order valence-corrected chi connectivity index (χ2v) is 3.43. The van der Waals surface area contributed by atoms with E-state index in [1.807, 2.05) is 19.0 Å². The van der Waals surface area contributed by atoms with Crippen LogP contribution < -0.4 is 16.0 Å². The lowest BCUT2D eigenvalue weighted by Gasteiger charge is -2.11. The third kappa shape index (κ3) is 4.09. The van der Waals surface area contributed by atoms with Gasteiger partial charge in [-0.1, -0.05) is 0 Å². The molecule has 3 N–H and O–H groups in total. The molecule has 0 aliphatic rings.